The molecule has 0 bridgehead atoms. The van der Waals surface area contributed by atoms with Gasteiger partial charge in [-0.25, -0.2) is 9.97 Å². The molecule has 2 spiro atoms. The van der Waals surface area contributed by atoms with Crippen LogP contribution in [0.5, 0.6) is 0 Å². The average molecular weight is 1090 g/mol. The standard InChI is InChI=1S/2C29H37N3O6.Ca/c2*1-15-10-11-29(17(3)13-16(2)27(38-29)18(4)26(33)20-7-6-12-31-20)37-22(15)14-23-32-25-21(36-23)9-8-19(30-5)24(25)28(34)35;/h2*6-9,12,15-18,22,27,30-31H,10-11,13-14H2,1-5H3,(H,34,35);/q;;+2/p-2/t2*15?,16?,17?,18?,22?,27?,29-;/m00./s1. The van der Waals surface area contributed by atoms with Gasteiger partial charge in [0.25, 0.3) is 0 Å². The van der Waals surface area contributed by atoms with Crippen molar-refractivity contribution in [3.63, 3.8) is 0 Å². The molecule has 4 N–H and O–H groups in total. The number of carboxylic acid groups (broad SMARTS) is 2. The van der Waals surface area contributed by atoms with Crippen molar-refractivity contribution in [2.24, 2.45) is 47.3 Å². The Labute approximate surface area is 478 Å². The molecule has 0 saturated carbocycles. The summed E-state index contributed by atoms with van der Waals surface area (Å²) in [6.45, 7) is 16.7. The van der Waals surface area contributed by atoms with Crippen LogP contribution in [0.2, 0.25) is 0 Å². The number of ether oxygens (including phenoxy) is 4. The van der Waals surface area contributed by atoms with E-state index in [-0.39, 0.29) is 143 Å². The number of rotatable bonds is 14. The molecule has 8 heterocycles. The third-order valence-electron chi connectivity index (χ3n) is 17.1. The molecule has 12 unspecified atom stereocenters. The van der Waals surface area contributed by atoms with Crippen LogP contribution >= 0.6 is 0 Å². The maximum absolute atomic E-state index is 13.1. The van der Waals surface area contributed by atoms with Crippen LogP contribution in [0.25, 0.3) is 22.2 Å². The number of nitrogens with one attached hydrogen (secondary N) is 4. The van der Waals surface area contributed by atoms with E-state index in [0.29, 0.717) is 58.6 Å². The van der Waals surface area contributed by atoms with Gasteiger partial charge in [-0.05, 0) is 97.9 Å². The number of aromatic amines is 2. The molecule has 2 aromatic carbocycles. The van der Waals surface area contributed by atoms with Gasteiger partial charge in [0, 0.05) is 74.4 Å². The summed E-state index contributed by atoms with van der Waals surface area (Å²) < 4.78 is 39.0. The second-order valence-corrected chi connectivity index (χ2v) is 22.2. The van der Waals surface area contributed by atoms with Gasteiger partial charge in [0.2, 0.25) is 0 Å². The number of Topliss-reactive ketones (excluding diaryl/α,β-unsaturated/α-hetero) is 2. The molecular formula is C58H72CaN6O12. The number of carboxylic acids is 2. The summed E-state index contributed by atoms with van der Waals surface area (Å²) in [4.78, 5) is 65.0. The van der Waals surface area contributed by atoms with E-state index in [0.717, 1.165) is 38.5 Å². The predicted molar refractivity (Wildman–Crippen MR) is 285 cm³/mol. The Morgan fingerprint density at radius 2 is 1.00 bits per heavy atom. The van der Waals surface area contributed by atoms with Gasteiger partial charge in [0.15, 0.2) is 46.1 Å². The molecule has 4 aliphatic heterocycles. The van der Waals surface area contributed by atoms with Gasteiger partial charge in [0.1, 0.15) is 11.0 Å². The first kappa shape index (κ1) is 58.1. The summed E-state index contributed by atoms with van der Waals surface area (Å²) >= 11 is 0. The van der Waals surface area contributed by atoms with E-state index in [1.807, 2.05) is 26.0 Å². The van der Waals surface area contributed by atoms with Gasteiger partial charge < -0.3 is 68.2 Å². The maximum Gasteiger partial charge on any atom is 2.00 e. The number of H-pyrrole nitrogens is 2. The largest absolute Gasteiger partial charge is 2.00 e. The number of fused-ring (bicyclic) bond motifs is 2. The van der Waals surface area contributed by atoms with Crippen molar-refractivity contribution < 1.29 is 57.2 Å². The second-order valence-electron chi connectivity index (χ2n) is 22.2. The summed E-state index contributed by atoms with van der Waals surface area (Å²) in [5.74, 6) is -2.87. The fourth-order valence-electron chi connectivity index (χ4n) is 12.5. The Hall–Kier alpha value is -5.08. The number of oxazole rings is 2. The molecule has 0 radical (unpaired) electrons. The van der Waals surface area contributed by atoms with E-state index in [1.165, 1.54) is 0 Å². The third kappa shape index (κ3) is 11.5. The van der Waals surface area contributed by atoms with E-state index in [2.05, 4.69) is 72.1 Å². The first-order valence-electron chi connectivity index (χ1n) is 27.0. The van der Waals surface area contributed by atoms with Crippen molar-refractivity contribution in [2.75, 3.05) is 24.7 Å². The fourth-order valence-corrected chi connectivity index (χ4v) is 12.5. The molecule has 18 nitrogen and oxygen atoms in total. The Balaban J connectivity index is 0.000000201. The number of benzene rings is 2. The van der Waals surface area contributed by atoms with E-state index >= 15 is 0 Å². The second kappa shape index (κ2) is 23.7. The number of hydrogen-bond donors (Lipinski definition) is 4. The summed E-state index contributed by atoms with van der Waals surface area (Å²) in [6.07, 6.45) is 8.30. The van der Waals surface area contributed by atoms with Crippen LogP contribution in [0, 0.1) is 47.3 Å². The summed E-state index contributed by atoms with van der Waals surface area (Å²) in [5.41, 5.74) is 3.30. The van der Waals surface area contributed by atoms with Crippen LogP contribution in [0.4, 0.5) is 11.4 Å². The molecular weight excluding hydrogens is 1010 g/mol. The van der Waals surface area contributed by atoms with Crippen LogP contribution in [0.3, 0.4) is 0 Å². The van der Waals surface area contributed by atoms with E-state index < -0.39 is 23.5 Å². The summed E-state index contributed by atoms with van der Waals surface area (Å²) in [6, 6.07) is 13.9. The zero-order valence-corrected chi connectivity index (χ0v) is 48.1. The van der Waals surface area contributed by atoms with Crippen LogP contribution in [-0.4, -0.2) is 131 Å². The number of aromatic nitrogens is 4. The molecule has 4 aromatic heterocycles. The Morgan fingerprint density at radius 1 is 0.610 bits per heavy atom. The van der Waals surface area contributed by atoms with Crippen molar-refractivity contribution in [1.29, 1.82) is 0 Å². The number of aromatic carboxylic acids is 2. The van der Waals surface area contributed by atoms with Crippen LogP contribution in [0.15, 0.2) is 69.8 Å². The SMILES string of the molecule is CNc1ccc2oc(CC3O[C@@]4(CCC3C)OC(C(C)C(=O)c3ccc[nH]3)C(C)CC4C)nc2c1C(=O)[O-].CNc1ccc2oc(CC3O[C@@]4(CCC3C)OC(C(C)C(=O)c3ccc[nH]3)C(C)CC4C)nc2c1C(=O)[O-].[Ca+2]. The molecule has 10 rings (SSSR count). The van der Waals surface area contributed by atoms with Crippen LogP contribution in [-0.2, 0) is 31.8 Å². The molecule has 6 aromatic rings. The van der Waals surface area contributed by atoms with Gasteiger partial charge in [-0.2, -0.15) is 0 Å². The minimum Gasteiger partial charge on any atom is -0.545 e. The quantitative estimate of drug-likeness (QED) is 0.0595. The zero-order chi connectivity index (χ0) is 54.4. The predicted octanol–water partition coefficient (Wildman–Crippen LogP) is 8.01. The first-order chi connectivity index (χ1) is 36.3. The molecule has 4 fully saturated rings. The van der Waals surface area contributed by atoms with E-state index in [4.69, 9.17) is 27.8 Å². The smallest absolute Gasteiger partial charge is 0.545 e. The van der Waals surface area contributed by atoms with Gasteiger partial charge in [0.05, 0.1) is 71.7 Å². The van der Waals surface area contributed by atoms with Gasteiger partial charge in [-0.3, -0.25) is 9.59 Å². The average Bonchev–Trinajstić information content (AvgIpc) is 4.33. The molecule has 19 heteroatoms. The summed E-state index contributed by atoms with van der Waals surface area (Å²) in [5, 5.41) is 29.4. The zero-order valence-electron chi connectivity index (χ0n) is 45.9. The molecule has 0 aliphatic carbocycles. The summed E-state index contributed by atoms with van der Waals surface area (Å²) in [7, 11) is 3.30. The number of anilines is 2. The third-order valence-corrected chi connectivity index (χ3v) is 17.1. The number of nitrogens with zero attached hydrogens (tertiary/aromatic N) is 2. The van der Waals surface area contributed by atoms with Crippen molar-refractivity contribution in [3.8, 4) is 0 Å². The first-order valence-corrected chi connectivity index (χ1v) is 27.0. The van der Waals surface area contributed by atoms with E-state index in [9.17, 15) is 29.4 Å². The Bertz CT molecular complexity index is 2840. The minimum atomic E-state index is -1.31. The molecule has 0 amide bonds. The molecule has 14 atom stereocenters. The number of carbonyl (C=O) groups is 4. The minimum absolute atomic E-state index is 0. The van der Waals surface area contributed by atoms with Crippen molar-refractivity contribution >= 4 is 94.8 Å². The molecule has 77 heavy (non-hydrogen) atoms. The Kier molecular flexibility index (Phi) is 17.9. The number of carbonyl (C=O) groups excluding carboxylic acids is 4. The normalized spacial score (nSPS) is 30.0. The number of ketones is 2. The Morgan fingerprint density at radius 3 is 1.34 bits per heavy atom. The van der Waals surface area contributed by atoms with Crippen molar-refractivity contribution in [3.05, 3.63) is 95.2 Å². The maximum atomic E-state index is 13.1. The van der Waals surface area contributed by atoms with Gasteiger partial charge in [-0.1, -0.05) is 55.4 Å². The fraction of sp³-hybridized carbons (Fsp3) is 0.552. The monoisotopic (exact) mass is 1080 g/mol. The number of hydrogen-bond acceptors (Lipinski definition) is 16. The molecule has 4 saturated heterocycles. The van der Waals surface area contributed by atoms with Crippen LogP contribution < -0.4 is 20.8 Å². The van der Waals surface area contributed by atoms with Crippen LogP contribution in [0.1, 0.15) is 147 Å². The molecule has 4 aliphatic rings. The van der Waals surface area contributed by atoms with Crippen molar-refractivity contribution in [1.82, 2.24) is 19.9 Å². The topological polar surface area (TPSA) is 259 Å². The molecule has 408 valence electrons. The van der Waals surface area contributed by atoms with Gasteiger partial charge >= 0.3 is 37.7 Å². The van der Waals surface area contributed by atoms with E-state index in [1.54, 1.807) is 62.9 Å². The van der Waals surface area contributed by atoms with Gasteiger partial charge in [-0.15, -0.1) is 0 Å². The van der Waals surface area contributed by atoms with Crippen molar-refractivity contribution in [2.45, 2.75) is 143 Å².